The first kappa shape index (κ1) is 18.8. The highest BCUT2D eigenvalue weighted by Gasteiger charge is 2.17. The Morgan fingerprint density at radius 2 is 1.96 bits per heavy atom. The average molecular weight is 392 g/mol. The van der Waals surface area contributed by atoms with Crippen LogP contribution in [-0.2, 0) is 6.73 Å². The van der Waals surface area contributed by atoms with E-state index in [0.29, 0.717) is 27.7 Å². The van der Waals surface area contributed by atoms with Crippen molar-refractivity contribution in [2.75, 3.05) is 5.32 Å². The molecule has 0 radical (unpaired) electrons. The third-order valence-electron chi connectivity index (χ3n) is 3.97. The fourth-order valence-corrected chi connectivity index (χ4v) is 2.77. The normalized spacial score (nSPS) is 10.7. The number of aromatic nitrogens is 2. The van der Waals surface area contributed by atoms with Gasteiger partial charge < -0.3 is 10.1 Å². The molecule has 8 heteroatoms. The van der Waals surface area contributed by atoms with Crippen LogP contribution in [0.1, 0.15) is 21.7 Å². The summed E-state index contributed by atoms with van der Waals surface area (Å²) in [4.78, 5) is 12.5. The minimum atomic E-state index is -0.802. The van der Waals surface area contributed by atoms with E-state index in [1.807, 2.05) is 0 Å². The third kappa shape index (κ3) is 4.09. The van der Waals surface area contributed by atoms with Crippen LogP contribution >= 0.6 is 11.6 Å². The molecule has 0 aliphatic rings. The van der Waals surface area contributed by atoms with Gasteiger partial charge in [-0.15, -0.1) is 0 Å². The number of ether oxygens (including phenoxy) is 1. The van der Waals surface area contributed by atoms with Gasteiger partial charge in [0.2, 0.25) is 0 Å². The Hall–Kier alpha value is -2.93. The Morgan fingerprint density at radius 1 is 1.22 bits per heavy atom. The van der Waals surface area contributed by atoms with Crippen LogP contribution in [0.15, 0.2) is 42.5 Å². The summed E-state index contributed by atoms with van der Waals surface area (Å²) in [5.41, 5.74) is 2.05. The van der Waals surface area contributed by atoms with Crippen molar-refractivity contribution >= 4 is 23.2 Å². The van der Waals surface area contributed by atoms with E-state index in [4.69, 9.17) is 16.3 Å². The number of carbonyl (C=O) groups is 1. The van der Waals surface area contributed by atoms with Crippen LogP contribution in [0.3, 0.4) is 0 Å². The van der Waals surface area contributed by atoms with Crippen molar-refractivity contribution < 1.29 is 18.3 Å². The number of carbonyl (C=O) groups excluding carboxylic acids is 1. The smallest absolute Gasteiger partial charge is 0.257 e. The maximum atomic E-state index is 13.7. The van der Waals surface area contributed by atoms with Gasteiger partial charge in [-0.2, -0.15) is 5.10 Å². The molecule has 1 heterocycles. The average Bonchev–Trinajstić information content (AvgIpc) is 2.89. The summed E-state index contributed by atoms with van der Waals surface area (Å²) in [6, 6.07) is 9.75. The first-order valence-electron chi connectivity index (χ1n) is 8.04. The van der Waals surface area contributed by atoms with Gasteiger partial charge in [-0.3, -0.25) is 4.79 Å². The highest BCUT2D eigenvalue weighted by atomic mass is 35.5. The summed E-state index contributed by atoms with van der Waals surface area (Å²) in [6.45, 7) is 3.37. The number of anilines is 1. The van der Waals surface area contributed by atoms with Crippen LogP contribution in [0.5, 0.6) is 5.75 Å². The topological polar surface area (TPSA) is 56.1 Å². The SMILES string of the molecule is Cc1nn(COc2ccc(F)cc2F)c(C)c1NC(=O)c1ccccc1Cl. The Bertz CT molecular complexity index is 1000. The molecule has 0 unspecified atom stereocenters. The molecule has 3 rings (SSSR count). The molecule has 0 aliphatic heterocycles. The molecule has 2 aromatic carbocycles. The van der Waals surface area contributed by atoms with Crippen LogP contribution in [-0.4, -0.2) is 15.7 Å². The predicted octanol–water partition coefficient (Wildman–Crippen LogP) is 4.72. The van der Waals surface area contributed by atoms with Crippen molar-refractivity contribution in [3.63, 3.8) is 0 Å². The first-order valence-corrected chi connectivity index (χ1v) is 8.42. The Balaban J connectivity index is 1.76. The molecule has 3 aromatic rings. The molecule has 0 fully saturated rings. The molecular weight excluding hydrogens is 376 g/mol. The van der Waals surface area contributed by atoms with Crippen molar-refractivity contribution in [3.8, 4) is 5.75 Å². The van der Waals surface area contributed by atoms with Crippen LogP contribution in [0, 0.1) is 25.5 Å². The molecule has 1 aromatic heterocycles. The molecule has 0 spiro atoms. The van der Waals surface area contributed by atoms with Gasteiger partial charge in [0.1, 0.15) is 5.82 Å². The molecule has 1 N–H and O–H groups in total. The van der Waals surface area contributed by atoms with Crippen molar-refractivity contribution in [2.45, 2.75) is 20.6 Å². The quantitative estimate of drug-likeness (QED) is 0.684. The Kier molecular flexibility index (Phi) is 5.41. The number of amides is 1. The first-order chi connectivity index (χ1) is 12.9. The lowest BCUT2D eigenvalue weighted by molar-refractivity contribution is 0.102. The molecule has 5 nitrogen and oxygen atoms in total. The number of benzene rings is 2. The summed E-state index contributed by atoms with van der Waals surface area (Å²) in [5, 5.41) is 7.42. The lowest BCUT2D eigenvalue weighted by Crippen LogP contribution is -2.14. The summed E-state index contributed by atoms with van der Waals surface area (Å²) in [7, 11) is 0. The Labute approximate surface area is 159 Å². The lowest BCUT2D eigenvalue weighted by atomic mass is 10.2. The van der Waals surface area contributed by atoms with Gasteiger partial charge in [-0.1, -0.05) is 23.7 Å². The van der Waals surface area contributed by atoms with E-state index in [1.54, 1.807) is 38.1 Å². The van der Waals surface area contributed by atoms with Crippen molar-refractivity contribution in [3.05, 3.63) is 76.1 Å². The zero-order valence-corrected chi connectivity index (χ0v) is 15.3. The fraction of sp³-hybridized carbons (Fsp3) is 0.158. The second-order valence-corrected chi connectivity index (χ2v) is 6.23. The van der Waals surface area contributed by atoms with Crippen LogP contribution in [0.4, 0.5) is 14.5 Å². The van der Waals surface area contributed by atoms with Gasteiger partial charge in [0.15, 0.2) is 18.3 Å². The van der Waals surface area contributed by atoms with E-state index >= 15 is 0 Å². The second-order valence-electron chi connectivity index (χ2n) is 5.83. The summed E-state index contributed by atoms with van der Waals surface area (Å²) in [6.07, 6.45) is 0. The van der Waals surface area contributed by atoms with E-state index in [0.717, 1.165) is 12.1 Å². The second kappa shape index (κ2) is 7.75. The zero-order valence-electron chi connectivity index (χ0n) is 14.6. The van der Waals surface area contributed by atoms with E-state index in [9.17, 15) is 13.6 Å². The molecule has 0 bridgehead atoms. The maximum Gasteiger partial charge on any atom is 0.257 e. The van der Waals surface area contributed by atoms with E-state index in [1.165, 1.54) is 10.7 Å². The zero-order chi connectivity index (χ0) is 19.6. The highest BCUT2D eigenvalue weighted by molar-refractivity contribution is 6.34. The predicted molar refractivity (Wildman–Crippen MR) is 98.1 cm³/mol. The van der Waals surface area contributed by atoms with Gasteiger partial charge in [-0.25, -0.2) is 13.5 Å². The fourth-order valence-electron chi connectivity index (χ4n) is 2.55. The van der Waals surface area contributed by atoms with Gasteiger partial charge in [0.05, 0.1) is 27.7 Å². The standard InChI is InChI=1S/C19H16ClF2N3O2/c1-11-18(23-19(26)14-5-3-4-6-15(14)20)12(2)25(24-11)10-27-17-8-7-13(21)9-16(17)22/h3-9H,10H2,1-2H3,(H,23,26). The minimum absolute atomic E-state index is 0.0920. The van der Waals surface area contributed by atoms with Gasteiger partial charge in [0.25, 0.3) is 5.91 Å². The molecule has 140 valence electrons. The number of hydrogen-bond donors (Lipinski definition) is 1. The Morgan fingerprint density at radius 3 is 2.67 bits per heavy atom. The van der Waals surface area contributed by atoms with Crippen molar-refractivity contribution in [2.24, 2.45) is 0 Å². The molecule has 0 aliphatic carbocycles. The number of hydrogen-bond acceptors (Lipinski definition) is 3. The van der Waals surface area contributed by atoms with E-state index in [-0.39, 0.29) is 18.4 Å². The van der Waals surface area contributed by atoms with Crippen LogP contribution in [0.25, 0.3) is 0 Å². The van der Waals surface area contributed by atoms with Crippen LogP contribution in [0.2, 0.25) is 5.02 Å². The largest absolute Gasteiger partial charge is 0.468 e. The van der Waals surface area contributed by atoms with Gasteiger partial charge >= 0.3 is 0 Å². The van der Waals surface area contributed by atoms with Crippen molar-refractivity contribution in [1.82, 2.24) is 9.78 Å². The molecular formula is C19H16ClF2N3O2. The van der Waals surface area contributed by atoms with E-state index < -0.39 is 11.6 Å². The molecule has 27 heavy (non-hydrogen) atoms. The van der Waals surface area contributed by atoms with Crippen molar-refractivity contribution in [1.29, 1.82) is 0 Å². The molecule has 0 atom stereocenters. The monoisotopic (exact) mass is 391 g/mol. The van der Waals surface area contributed by atoms with Crippen LogP contribution < -0.4 is 10.1 Å². The number of nitrogens with one attached hydrogen (secondary N) is 1. The molecule has 1 amide bonds. The molecule has 0 saturated carbocycles. The molecule has 0 saturated heterocycles. The van der Waals surface area contributed by atoms with Gasteiger partial charge in [-0.05, 0) is 38.1 Å². The van der Waals surface area contributed by atoms with E-state index in [2.05, 4.69) is 10.4 Å². The maximum absolute atomic E-state index is 13.7. The summed E-state index contributed by atoms with van der Waals surface area (Å²) in [5.74, 6) is -1.94. The number of nitrogens with zero attached hydrogens (tertiary/aromatic N) is 2. The number of rotatable bonds is 5. The minimum Gasteiger partial charge on any atom is -0.468 e. The number of halogens is 3. The summed E-state index contributed by atoms with van der Waals surface area (Å²) >= 11 is 6.05. The lowest BCUT2D eigenvalue weighted by Gasteiger charge is -2.10. The highest BCUT2D eigenvalue weighted by Crippen LogP contribution is 2.23. The number of aryl methyl sites for hydroxylation is 1. The summed E-state index contributed by atoms with van der Waals surface area (Å²) < 4.78 is 33.5. The third-order valence-corrected chi connectivity index (χ3v) is 4.30. The van der Waals surface area contributed by atoms with Gasteiger partial charge in [0, 0.05) is 6.07 Å².